The van der Waals surface area contributed by atoms with Crippen LogP contribution in [0.15, 0.2) is 66.0 Å². The van der Waals surface area contributed by atoms with Crippen LogP contribution in [0, 0.1) is 0 Å². The van der Waals surface area contributed by atoms with Gasteiger partial charge in [0.1, 0.15) is 5.75 Å². The lowest BCUT2D eigenvalue weighted by Crippen LogP contribution is -2.34. The molecule has 1 aliphatic heterocycles. The first-order valence-corrected chi connectivity index (χ1v) is 10.7. The van der Waals surface area contributed by atoms with Gasteiger partial charge in [-0.25, -0.2) is 0 Å². The normalized spacial score (nSPS) is 16.0. The number of nitrogens with zero attached hydrogens (tertiary/aromatic N) is 1. The smallest absolute Gasteiger partial charge is 0.261 e. The number of carbonyl (C=O) groups excluding carboxylic acids is 2. The molecule has 1 atom stereocenters. The molecular formula is C23H20ClNO3S. The molecule has 148 valence electrons. The van der Waals surface area contributed by atoms with E-state index in [9.17, 15) is 9.59 Å². The number of thiophene rings is 1. The molecule has 0 N–H and O–H groups in total. The Bertz CT molecular complexity index is 984. The van der Waals surface area contributed by atoms with Gasteiger partial charge in [0.05, 0.1) is 6.04 Å². The number of ether oxygens (including phenoxy) is 1. The number of hydrogen-bond donors (Lipinski definition) is 0. The number of likely N-dealkylation sites (tertiary alicyclic amines) is 1. The van der Waals surface area contributed by atoms with Crippen molar-refractivity contribution in [2.45, 2.75) is 18.9 Å². The van der Waals surface area contributed by atoms with Gasteiger partial charge in [-0.05, 0) is 72.8 Å². The minimum absolute atomic E-state index is 0.00759. The topological polar surface area (TPSA) is 46.6 Å². The number of halogens is 1. The van der Waals surface area contributed by atoms with E-state index in [4.69, 9.17) is 16.3 Å². The molecule has 1 fully saturated rings. The Kier molecular flexibility index (Phi) is 5.97. The summed E-state index contributed by atoms with van der Waals surface area (Å²) in [6, 6.07) is 17.9. The number of carbonyl (C=O) groups is 2. The summed E-state index contributed by atoms with van der Waals surface area (Å²) < 4.78 is 5.69. The highest BCUT2D eigenvalue weighted by atomic mass is 35.5. The highest BCUT2D eigenvalue weighted by Gasteiger charge is 2.30. The van der Waals surface area contributed by atoms with Crippen molar-refractivity contribution in [2.75, 3.05) is 13.2 Å². The first kappa shape index (κ1) is 19.7. The molecule has 2 heterocycles. The summed E-state index contributed by atoms with van der Waals surface area (Å²) in [5, 5.41) is 2.63. The third-order valence-corrected chi connectivity index (χ3v) is 6.26. The average molecular weight is 426 g/mol. The zero-order valence-electron chi connectivity index (χ0n) is 15.7. The van der Waals surface area contributed by atoms with Crippen molar-refractivity contribution >= 4 is 34.6 Å². The molecule has 2 aromatic carbocycles. The first-order valence-electron chi connectivity index (χ1n) is 9.48. The van der Waals surface area contributed by atoms with E-state index >= 15 is 0 Å². The van der Waals surface area contributed by atoms with Crippen molar-refractivity contribution < 1.29 is 14.3 Å². The molecule has 0 saturated carbocycles. The van der Waals surface area contributed by atoms with Gasteiger partial charge in [-0.1, -0.05) is 17.7 Å². The molecule has 0 aliphatic carbocycles. The van der Waals surface area contributed by atoms with E-state index in [2.05, 4.69) is 6.07 Å². The second-order valence-electron chi connectivity index (χ2n) is 6.91. The van der Waals surface area contributed by atoms with Crippen LogP contribution >= 0.6 is 22.9 Å². The van der Waals surface area contributed by atoms with E-state index in [-0.39, 0.29) is 24.3 Å². The summed E-state index contributed by atoms with van der Waals surface area (Å²) in [5.74, 6) is 0.472. The Morgan fingerprint density at radius 2 is 1.72 bits per heavy atom. The molecule has 1 saturated heterocycles. The molecule has 4 nitrogen and oxygen atoms in total. The van der Waals surface area contributed by atoms with Crippen LogP contribution in [0.5, 0.6) is 5.75 Å². The van der Waals surface area contributed by atoms with Crippen LogP contribution in [0.3, 0.4) is 0 Å². The van der Waals surface area contributed by atoms with Crippen LogP contribution in [0.2, 0.25) is 5.02 Å². The van der Waals surface area contributed by atoms with Crippen LogP contribution in [0.1, 0.15) is 39.7 Å². The SMILES string of the molecule is O=C(c1ccc(Cl)cc1)c1ccc(OCC(=O)N2CCCC2c2cccs2)cc1. The van der Waals surface area contributed by atoms with Crippen molar-refractivity contribution in [3.63, 3.8) is 0 Å². The average Bonchev–Trinajstić information content (AvgIpc) is 3.44. The minimum Gasteiger partial charge on any atom is -0.484 e. The van der Waals surface area contributed by atoms with Gasteiger partial charge >= 0.3 is 0 Å². The lowest BCUT2D eigenvalue weighted by atomic mass is 10.0. The van der Waals surface area contributed by atoms with Gasteiger partial charge < -0.3 is 9.64 Å². The molecule has 0 radical (unpaired) electrons. The van der Waals surface area contributed by atoms with Crippen LogP contribution in [-0.4, -0.2) is 29.7 Å². The Morgan fingerprint density at radius 1 is 1.03 bits per heavy atom. The predicted molar refractivity (Wildman–Crippen MR) is 115 cm³/mol. The van der Waals surface area contributed by atoms with Crippen LogP contribution in [-0.2, 0) is 4.79 Å². The monoisotopic (exact) mass is 425 g/mol. The second kappa shape index (κ2) is 8.80. The highest BCUT2D eigenvalue weighted by molar-refractivity contribution is 7.10. The van der Waals surface area contributed by atoms with Crippen LogP contribution < -0.4 is 4.74 Å². The number of amides is 1. The molecule has 0 spiro atoms. The molecule has 1 amide bonds. The van der Waals surface area contributed by atoms with Crippen molar-refractivity contribution in [2.24, 2.45) is 0 Å². The third kappa shape index (κ3) is 4.52. The molecule has 4 rings (SSSR count). The minimum atomic E-state index is -0.0832. The summed E-state index contributed by atoms with van der Waals surface area (Å²) in [4.78, 5) is 28.3. The Hall–Kier alpha value is -2.63. The second-order valence-corrected chi connectivity index (χ2v) is 8.33. The molecule has 1 unspecified atom stereocenters. The lowest BCUT2D eigenvalue weighted by molar-refractivity contribution is -0.134. The van der Waals surface area contributed by atoms with E-state index in [1.807, 2.05) is 16.3 Å². The fourth-order valence-corrected chi connectivity index (χ4v) is 4.54. The lowest BCUT2D eigenvalue weighted by Gasteiger charge is -2.24. The van der Waals surface area contributed by atoms with Crippen LogP contribution in [0.4, 0.5) is 0 Å². The van der Waals surface area contributed by atoms with Crippen molar-refractivity contribution in [1.29, 1.82) is 0 Å². The number of benzene rings is 2. The van der Waals surface area contributed by atoms with Crippen molar-refractivity contribution in [3.8, 4) is 5.75 Å². The van der Waals surface area contributed by atoms with E-state index in [1.165, 1.54) is 4.88 Å². The van der Waals surface area contributed by atoms with Gasteiger partial charge in [0.25, 0.3) is 5.91 Å². The summed E-state index contributed by atoms with van der Waals surface area (Å²) in [6.45, 7) is 0.756. The van der Waals surface area contributed by atoms with Crippen molar-refractivity contribution in [1.82, 2.24) is 4.90 Å². The quantitative estimate of drug-likeness (QED) is 0.498. The molecule has 1 aromatic heterocycles. The van der Waals surface area contributed by atoms with E-state index < -0.39 is 0 Å². The highest BCUT2D eigenvalue weighted by Crippen LogP contribution is 2.34. The number of hydrogen-bond acceptors (Lipinski definition) is 4. The van der Waals surface area contributed by atoms with E-state index in [0.29, 0.717) is 21.9 Å². The molecule has 3 aromatic rings. The van der Waals surface area contributed by atoms with Gasteiger partial charge in [-0.15, -0.1) is 11.3 Å². The maximum Gasteiger partial charge on any atom is 0.261 e. The Labute approximate surface area is 178 Å². The third-order valence-electron chi connectivity index (χ3n) is 5.03. The fourth-order valence-electron chi connectivity index (χ4n) is 3.54. The molecule has 0 bridgehead atoms. The summed E-state index contributed by atoms with van der Waals surface area (Å²) in [7, 11) is 0. The Morgan fingerprint density at radius 3 is 2.38 bits per heavy atom. The van der Waals surface area contributed by atoms with Crippen LogP contribution in [0.25, 0.3) is 0 Å². The summed E-state index contributed by atoms with van der Waals surface area (Å²) in [6.07, 6.45) is 2.00. The zero-order valence-corrected chi connectivity index (χ0v) is 17.3. The van der Waals surface area contributed by atoms with E-state index in [0.717, 1.165) is 19.4 Å². The standard InChI is InChI=1S/C23H20ClNO3S/c24-18-9-5-16(6-10-18)23(27)17-7-11-19(12-8-17)28-15-22(26)25-13-1-3-20(25)21-4-2-14-29-21/h2,4-12,14,20H,1,3,13,15H2. The first-order chi connectivity index (χ1) is 14.1. The summed E-state index contributed by atoms with van der Waals surface area (Å²) in [5.41, 5.74) is 1.13. The largest absolute Gasteiger partial charge is 0.484 e. The zero-order chi connectivity index (χ0) is 20.2. The fraction of sp³-hybridized carbons (Fsp3) is 0.217. The van der Waals surface area contributed by atoms with Gasteiger partial charge in [0, 0.05) is 27.6 Å². The van der Waals surface area contributed by atoms with Gasteiger partial charge in [-0.2, -0.15) is 0 Å². The van der Waals surface area contributed by atoms with Gasteiger partial charge in [0.15, 0.2) is 12.4 Å². The molecule has 29 heavy (non-hydrogen) atoms. The van der Waals surface area contributed by atoms with Crippen molar-refractivity contribution in [3.05, 3.63) is 87.1 Å². The van der Waals surface area contributed by atoms with Gasteiger partial charge in [0.2, 0.25) is 0 Å². The summed E-state index contributed by atoms with van der Waals surface area (Å²) >= 11 is 7.56. The molecule has 1 aliphatic rings. The maximum atomic E-state index is 12.7. The maximum absolute atomic E-state index is 12.7. The predicted octanol–water partition coefficient (Wildman–Crippen LogP) is 5.38. The molecular weight excluding hydrogens is 406 g/mol. The number of rotatable bonds is 6. The number of ketones is 1. The van der Waals surface area contributed by atoms with Gasteiger partial charge in [-0.3, -0.25) is 9.59 Å². The Balaban J connectivity index is 1.36. The van der Waals surface area contributed by atoms with E-state index in [1.54, 1.807) is 59.9 Å². The molecule has 6 heteroatoms.